The van der Waals surface area contributed by atoms with Gasteiger partial charge < -0.3 is 5.32 Å². The maximum Gasteiger partial charge on any atom is 0.267 e. The van der Waals surface area contributed by atoms with E-state index in [1.165, 1.54) is 16.8 Å². The minimum atomic E-state index is -0.818. The first kappa shape index (κ1) is 21.9. The van der Waals surface area contributed by atoms with Gasteiger partial charge in [0.2, 0.25) is 5.91 Å². The largest absolute Gasteiger partial charge is 0.352 e. The Morgan fingerprint density at radius 3 is 1.94 bits per heavy atom. The van der Waals surface area contributed by atoms with E-state index in [9.17, 15) is 14.4 Å². The minimum Gasteiger partial charge on any atom is -0.352 e. The predicted molar refractivity (Wildman–Crippen MR) is 126 cm³/mol. The summed E-state index contributed by atoms with van der Waals surface area (Å²) >= 11 is 0. The molecule has 8 nitrogen and oxygen atoms in total. The van der Waals surface area contributed by atoms with Crippen molar-refractivity contribution >= 4 is 5.91 Å². The fourth-order valence-corrected chi connectivity index (χ4v) is 3.38. The molecule has 0 saturated heterocycles. The Bertz CT molecular complexity index is 1360. The topological polar surface area (TPSA) is 98.9 Å². The van der Waals surface area contributed by atoms with Gasteiger partial charge in [0, 0.05) is 29.8 Å². The third kappa shape index (κ3) is 5.12. The average Bonchev–Trinajstić information content (AvgIpc) is 2.86. The average molecular weight is 441 g/mol. The standard InChI is InChI=1S/C25H23N5O3/c1-18(30-24(32)15-13-22(28-30)20-10-6-3-7-11-20)25(33)26-16-17-29-23(31)14-12-21(27-29)19-8-4-2-5-9-19/h2-15,18H,16-17H2,1H3,(H,26,33). The van der Waals surface area contributed by atoms with Crippen LogP contribution in [-0.4, -0.2) is 32.0 Å². The van der Waals surface area contributed by atoms with Gasteiger partial charge in [0.05, 0.1) is 17.9 Å². The molecule has 0 aliphatic rings. The molecule has 4 rings (SSSR count). The van der Waals surface area contributed by atoms with E-state index in [2.05, 4.69) is 15.5 Å². The van der Waals surface area contributed by atoms with E-state index in [-0.39, 0.29) is 30.1 Å². The Morgan fingerprint density at radius 2 is 1.33 bits per heavy atom. The number of nitrogens with one attached hydrogen (secondary N) is 1. The molecule has 1 atom stereocenters. The van der Waals surface area contributed by atoms with Crippen LogP contribution in [0.25, 0.3) is 22.5 Å². The van der Waals surface area contributed by atoms with Crippen molar-refractivity contribution in [1.82, 2.24) is 24.9 Å². The van der Waals surface area contributed by atoms with Gasteiger partial charge in [-0.1, -0.05) is 60.7 Å². The molecular formula is C25H23N5O3. The van der Waals surface area contributed by atoms with E-state index in [1.54, 1.807) is 19.1 Å². The van der Waals surface area contributed by atoms with Crippen LogP contribution >= 0.6 is 0 Å². The first-order valence-corrected chi connectivity index (χ1v) is 10.6. The van der Waals surface area contributed by atoms with E-state index < -0.39 is 6.04 Å². The van der Waals surface area contributed by atoms with Crippen LogP contribution in [0, 0.1) is 0 Å². The third-order valence-corrected chi connectivity index (χ3v) is 5.20. The van der Waals surface area contributed by atoms with Gasteiger partial charge in [0.25, 0.3) is 11.1 Å². The lowest BCUT2D eigenvalue weighted by atomic mass is 10.1. The molecule has 0 spiro atoms. The smallest absolute Gasteiger partial charge is 0.267 e. The summed E-state index contributed by atoms with van der Waals surface area (Å²) in [6.07, 6.45) is 0. The van der Waals surface area contributed by atoms with Crippen LogP contribution in [0.3, 0.4) is 0 Å². The normalized spacial score (nSPS) is 11.7. The Kier molecular flexibility index (Phi) is 6.54. The van der Waals surface area contributed by atoms with Crippen molar-refractivity contribution in [2.24, 2.45) is 0 Å². The highest BCUT2D eigenvalue weighted by Gasteiger charge is 2.18. The summed E-state index contributed by atoms with van der Waals surface area (Å²) in [7, 11) is 0. The number of benzene rings is 2. The third-order valence-electron chi connectivity index (χ3n) is 5.20. The van der Waals surface area contributed by atoms with E-state index >= 15 is 0 Å². The maximum atomic E-state index is 12.7. The fourth-order valence-electron chi connectivity index (χ4n) is 3.38. The Morgan fingerprint density at radius 1 is 0.788 bits per heavy atom. The lowest BCUT2D eigenvalue weighted by Crippen LogP contribution is -2.39. The number of hydrogen-bond acceptors (Lipinski definition) is 5. The van der Waals surface area contributed by atoms with E-state index in [1.807, 2.05) is 60.7 Å². The second-order valence-corrected chi connectivity index (χ2v) is 7.48. The fraction of sp³-hybridized carbons (Fsp3) is 0.160. The van der Waals surface area contributed by atoms with Crippen LogP contribution in [0.5, 0.6) is 0 Å². The molecule has 1 unspecified atom stereocenters. The van der Waals surface area contributed by atoms with Crippen molar-refractivity contribution in [2.45, 2.75) is 19.5 Å². The molecule has 0 saturated carbocycles. The molecule has 1 N–H and O–H groups in total. The number of amides is 1. The summed E-state index contributed by atoms with van der Waals surface area (Å²) in [5.74, 6) is -0.373. The molecule has 33 heavy (non-hydrogen) atoms. The maximum absolute atomic E-state index is 12.7. The molecule has 4 aromatic rings. The lowest BCUT2D eigenvalue weighted by Gasteiger charge is -2.15. The second-order valence-electron chi connectivity index (χ2n) is 7.48. The Balaban J connectivity index is 1.44. The zero-order valence-corrected chi connectivity index (χ0v) is 18.1. The predicted octanol–water partition coefficient (Wildman–Crippen LogP) is 2.51. The van der Waals surface area contributed by atoms with Crippen molar-refractivity contribution in [2.75, 3.05) is 6.54 Å². The summed E-state index contributed by atoms with van der Waals surface area (Å²) in [6.45, 7) is 1.99. The Hall–Kier alpha value is -4.33. The van der Waals surface area contributed by atoms with Gasteiger partial charge in [0.1, 0.15) is 6.04 Å². The van der Waals surface area contributed by atoms with Crippen molar-refractivity contribution in [3.8, 4) is 22.5 Å². The van der Waals surface area contributed by atoms with Gasteiger partial charge >= 0.3 is 0 Å². The van der Waals surface area contributed by atoms with Gasteiger partial charge in [-0.3, -0.25) is 14.4 Å². The quantitative estimate of drug-likeness (QED) is 0.475. The highest BCUT2D eigenvalue weighted by molar-refractivity contribution is 5.79. The number of hydrogen-bond donors (Lipinski definition) is 1. The SMILES string of the molecule is CC(C(=O)NCCn1nc(-c2ccccc2)ccc1=O)n1nc(-c2ccccc2)ccc1=O. The molecule has 2 aromatic heterocycles. The lowest BCUT2D eigenvalue weighted by molar-refractivity contribution is -0.124. The summed E-state index contributed by atoms with van der Waals surface area (Å²) in [6, 6.07) is 24.3. The summed E-state index contributed by atoms with van der Waals surface area (Å²) in [5.41, 5.74) is 2.39. The second kappa shape index (κ2) is 9.86. The first-order valence-electron chi connectivity index (χ1n) is 10.6. The molecule has 2 aromatic carbocycles. The Labute approximate surface area is 190 Å². The number of carbonyl (C=O) groups excluding carboxylic acids is 1. The molecule has 1 amide bonds. The van der Waals surface area contributed by atoms with Gasteiger partial charge in [-0.25, -0.2) is 9.36 Å². The summed E-state index contributed by atoms with van der Waals surface area (Å²) in [4.78, 5) is 37.2. The highest BCUT2D eigenvalue weighted by atomic mass is 16.2. The first-order chi connectivity index (χ1) is 16.0. The van der Waals surface area contributed by atoms with Crippen molar-refractivity contribution in [3.05, 3.63) is 106 Å². The van der Waals surface area contributed by atoms with Crippen LogP contribution in [0.15, 0.2) is 94.5 Å². The van der Waals surface area contributed by atoms with Gasteiger partial charge in [-0.2, -0.15) is 10.2 Å². The zero-order valence-electron chi connectivity index (χ0n) is 18.1. The van der Waals surface area contributed by atoms with Crippen LogP contribution in [0.2, 0.25) is 0 Å². The molecule has 0 bridgehead atoms. The molecule has 8 heteroatoms. The molecule has 166 valence electrons. The number of rotatable bonds is 7. The van der Waals surface area contributed by atoms with Crippen LogP contribution in [0.4, 0.5) is 0 Å². The number of aromatic nitrogens is 4. The van der Waals surface area contributed by atoms with Crippen molar-refractivity contribution in [3.63, 3.8) is 0 Å². The van der Waals surface area contributed by atoms with E-state index in [0.29, 0.717) is 11.4 Å². The monoisotopic (exact) mass is 441 g/mol. The summed E-state index contributed by atoms with van der Waals surface area (Å²) < 4.78 is 2.48. The highest BCUT2D eigenvalue weighted by Crippen LogP contribution is 2.15. The number of carbonyl (C=O) groups is 1. The number of nitrogens with zero attached hydrogens (tertiary/aromatic N) is 4. The molecule has 0 radical (unpaired) electrons. The van der Waals surface area contributed by atoms with E-state index in [4.69, 9.17) is 0 Å². The molecular weight excluding hydrogens is 418 g/mol. The van der Waals surface area contributed by atoms with Gasteiger partial charge in [0.15, 0.2) is 0 Å². The van der Waals surface area contributed by atoms with Gasteiger partial charge in [-0.05, 0) is 19.1 Å². The molecule has 0 aliphatic heterocycles. The molecule has 0 fully saturated rings. The minimum absolute atomic E-state index is 0.182. The van der Waals surface area contributed by atoms with Crippen molar-refractivity contribution in [1.29, 1.82) is 0 Å². The van der Waals surface area contributed by atoms with Crippen molar-refractivity contribution < 1.29 is 4.79 Å². The molecule has 0 aliphatic carbocycles. The zero-order chi connectivity index (χ0) is 23.2. The van der Waals surface area contributed by atoms with Crippen LogP contribution in [0.1, 0.15) is 13.0 Å². The van der Waals surface area contributed by atoms with E-state index in [0.717, 1.165) is 15.8 Å². The summed E-state index contributed by atoms with van der Waals surface area (Å²) in [5, 5.41) is 11.5. The van der Waals surface area contributed by atoms with Crippen LogP contribution in [-0.2, 0) is 11.3 Å². The van der Waals surface area contributed by atoms with Crippen LogP contribution < -0.4 is 16.4 Å². The molecule has 2 heterocycles. The van der Waals surface area contributed by atoms with Gasteiger partial charge in [-0.15, -0.1) is 0 Å².